The van der Waals surface area contributed by atoms with Crippen LogP contribution in [-0.4, -0.2) is 17.6 Å². The van der Waals surface area contributed by atoms with Gasteiger partial charge in [0, 0.05) is 10.4 Å². The van der Waals surface area contributed by atoms with Gasteiger partial charge in [0.15, 0.2) is 5.69 Å². The van der Waals surface area contributed by atoms with Crippen molar-refractivity contribution in [2.45, 2.75) is 6.92 Å². The van der Waals surface area contributed by atoms with Gasteiger partial charge in [-0.05, 0) is 42.0 Å². The van der Waals surface area contributed by atoms with Crippen LogP contribution in [0.4, 0.5) is 10.7 Å². The van der Waals surface area contributed by atoms with Crippen LogP contribution < -0.4 is 5.32 Å². The van der Waals surface area contributed by atoms with E-state index in [0.717, 1.165) is 5.69 Å². The second-order valence-corrected chi connectivity index (χ2v) is 5.85. The van der Waals surface area contributed by atoms with Crippen molar-refractivity contribution in [2.24, 2.45) is 0 Å². The fourth-order valence-electron chi connectivity index (χ4n) is 1.86. The van der Waals surface area contributed by atoms with Crippen LogP contribution in [0.1, 0.15) is 17.4 Å². The molecule has 0 radical (unpaired) electrons. The number of aromatic nitrogens is 1. The SMILES string of the molecule is CCOC(=O)c1ncsc1Nc1ccc2sccc2c1. The maximum atomic E-state index is 11.8. The van der Waals surface area contributed by atoms with Gasteiger partial charge in [-0.1, -0.05) is 0 Å². The first-order valence-electron chi connectivity index (χ1n) is 6.13. The molecule has 0 bridgehead atoms. The van der Waals surface area contributed by atoms with Crippen LogP contribution in [0.25, 0.3) is 10.1 Å². The van der Waals surface area contributed by atoms with Crippen LogP contribution in [0, 0.1) is 0 Å². The summed E-state index contributed by atoms with van der Waals surface area (Å²) in [6.45, 7) is 2.12. The smallest absolute Gasteiger partial charge is 0.360 e. The molecule has 2 heterocycles. The molecule has 0 unspecified atom stereocenters. The molecule has 1 N–H and O–H groups in total. The largest absolute Gasteiger partial charge is 0.461 e. The van der Waals surface area contributed by atoms with Crippen molar-refractivity contribution in [3.05, 3.63) is 40.8 Å². The molecule has 0 saturated heterocycles. The van der Waals surface area contributed by atoms with Gasteiger partial charge in [0.2, 0.25) is 0 Å². The van der Waals surface area contributed by atoms with Gasteiger partial charge in [-0.2, -0.15) is 0 Å². The lowest BCUT2D eigenvalue weighted by Gasteiger charge is -2.06. The molecule has 0 spiro atoms. The maximum absolute atomic E-state index is 11.8. The van der Waals surface area contributed by atoms with Crippen molar-refractivity contribution < 1.29 is 9.53 Å². The molecule has 0 aliphatic heterocycles. The molecule has 1 aromatic carbocycles. The Morgan fingerprint density at radius 2 is 2.25 bits per heavy atom. The predicted molar refractivity (Wildman–Crippen MR) is 83.2 cm³/mol. The second kappa shape index (κ2) is 5.60. The highest BCUT2D eigenvalue weighted by Gasteiger charge is 2.16. The number of fused-ring (bicyclic) bond motifs is 1. The lowest BCUT2D eigenvalue weighted by Crippen LogP contribution is -2.07. The molecule has 0 fully saturated rings. The van der Waals surface area contributed by atoms with Crippen LogP contribution in [-0.2, 0) is 4.74 Å². The van der Waals surface area contributed by atoms with E-state index in [1.165, 1.54) is 21.4 Å². The summed E-state index contributed by atoms with van der Waals surface area (Å²) in [6.07, 6.45) is 0. The van der Waals surface area contributed by atoms with E-state index in [-0.39, 0.29) is 0 Å². The average molecular weight is 304 g/mol. The number of hydrogen-bond donors (Lipinski definition) is 1. The summed E-state index contributed by atoms with van der Waals surface area (Å²) >= 11 is 3.09. The van der Waals surface area contributed by atoms with E-state index < -0.39 is 5.97 Å². The van der Waals surface area contributed by atoms with Gasteiger partial charge in [0.25, 0.3) is 0 Å². The highest BCUT2D eigenvalue weighted by atomic mass is 32.1. The van der Waals surface area contributed by atoms with Crippen molar-refractivity contribution in [1.29, 1.82) is 0 Å². The van der Waals surface area contributed by atoms with Crippen LogP contribution in [0.5, 0.6) is 0 Å². The molecular formula is C14H12N2O2S2. The molecule has 0 saturated carbocycles. The summed E-state index contributed by atoms with van der Waals surface area (Å²) < 4.78 is 6.23. The number of esters is 1. The zero-order valence-electron chi connectivity index (χ0n) is 10.8. The second-order valence-electron chi connectivity index (χ2n) is 4.05. The first-order valence-corrected chi connectivity index (χ1v) is 7.88. The highest BCUT2D eigenvalue weighted by molar-refractivity contribution is 7.17. The number of benzene rings is 1. The maximum Gasteiger partial charge on any atom is 0.360 e. The number of anilines is 2. The van der Waals surface area contributed by atoms with Gasteiger partial charge < -0.3 is 10.1 Å². The summed E-state index contributed by atoms with van der Waals surface area (Å²) in [5.41, 5.74) is 2.91. The average Bonchev–Trinajstić information content (AvgIpc) is 3.07. The fourth-order valence-corrected chi connectivity index (χ4v) is 3.31. The van der Waals surface area contributed by atoms with Crippen LogP contribution in [0.2, 0.25) is 0 Å². The number of thiophene rings is 1. The Hall–Kier alpha value is -1.92. The van der Waals surface area contributed by atoms with Crippen molar-refractivity contribution in [3.8, 4) is 0 Å². The summed E-state index contributed by atoms with van der Waals surface area (Å²) in [5.74, 6) is -0.395. The first kappa shape index (κ1) is 13.1. The van der Waals surface area contributed by atoms with Gasteiger partial charge in [-0.15, -0.1) is 22.7 Å². The molecule has 0 amide bonds. The van der Waals surface area contributed by atoms with Crippen molar-refractivity contribution >= 4 is 49.4 Å². The zero-order chi connectivity index (χ0) is 13.9. The number of ether oxygens (including phenoxy) is 1. The predicted octanol–water partition coefficient (Wildman–Crippen LogP) is 4.28. The molecule has 4 nitrogen and oxygen atoms in total. The van der Waals surface area contributed by atoms with Crippen LogP contribution in [0.15, 0.2) is 35.2 Å². The standard InChI is InChI=1S/C14H12N2O2S2/c1-2-18-14(17)12-13(20-8-15-12)16-10-3-4-11-9(7-10)5-6-19-11/h3-8,16H,2H2,1H3. The molecule has 3 rings (SSSR count). The summed E-state index contributed by atoms with van der Waals surface area (Å²) in [4.78, 5) is 15.8. The molecule has 102 valence electrons. The van der Waals surface area contributed by atoms with Crippen molar-refractivity contribution in [2.75, 3.05) is 11.9 Å². The Balaban J connectivity index is 1.87. The minimum absolute atomic E-state index is 0.335. The summed E-state index contributed by atoms with van der Waals surface area (Å²) in [5, 5.41) is 7.18. The van der Waals surface area contributed by atoms with E-state index in [4.69, 9.17) is 4.74 Å². The number of nitrogens with zero attached hydrogens (tertiary/aromatic N) is 1. The quantitative estimate of drug-likeness (QED) is 0.731. The third-order valence-electron chi connectivity index (χ3n) is 2.75. The highest BCUT2D eigenvalue weighted by Crippen LogP contribution is 2.29. The normalized spacial score (nSPS) is 10.7. The van der Waals surface area contributed by atoms with E-state index in [1.54, 1.807) is 23.8 Å². The Morgan fingerprint density at radius 3 is 3.10 bits per heavy atom. The van der Waals surface area contributed by atoms with Gasteiger partial charge >= 0.3 is 5.97 Å². The van der Waals surface area contributed by atoms with Gasteiger partial charge in [0.05, 0.1) is 12.1 Å². The molecule has 2 aromatic heterocycles. The Labute approximate surface area is 124 Å². The fraction of sp³-hybridized carbons (Fsp3) is 0.143. The lowest BCUT2D eigenvalue weighted by atomic mass is 10.2. The number of rotatable bonds is 4. The molecule has 6 heteroatoms. The van der Waals surface area contributed by atoms with E-state index in [2.05, 4.69) is 33.9 Å². The van der Waals surface area contributed by atoms with Crippen molar-refractivity contribution in [3.63, 3.8) is 0 Å². The molecule has 3 aromatic rings. The molecule has 0 atom stereocenters. The van der Waals surface area contributed by atoms with Crippen LogP contribution in [0.3, 0.4) is 0 Å². The number of hydrogen-bond acceptors (Lipinski definition) is 6. The van der Waals surface area contributed by atoms with E-state index in [0.29, 0.717) is 17.3 Å². The lowest BCUT2D eigenvalue weighted by molar-refractivity contribution is 0.0521. The first-order chi connectivity index (χ1) is 9.78. The Kier molecular flexibility index (Phi) is 3.66. The van der Waals surface area contributed by atoms with Gasteiger partial charge in [-0.25, -0.2) is 9.78 Å². The number of nitrogens with one attached hydrogen (secondary N) is 1. The third-order valence-corrected chi connectivity index (χ3v) is 4.39. The monoisotopic (exact) mass is 304 g/mol. The Morgan fingerprint density at radius 1 is 1.35 bits per heavy atom. The minimum atomic E-state index is -0.395. The van der Waals surface area contributed by atoms with Crippen LogP contribution >= 0.6 is 22.7 Å². The van der Waals surface area contributed by atoms with E-state index in [1.807, 2.05) is 6.07 Å². The number of carbonyl (C=O) groups excluding carboxylic acids is 1. The van der Waals surface area contributed by atoms with Gasteiger partial charge in [0.1, 0.15) is 5.00 Å². The molecule has 20 heavy (non-hydrogen) atoms. The van der Waals surface area contributed by atoms with E-state index >= 15 is 0 Å². The Bertz CT molecular complexity index is 748. The topological polar surface area (TPSA) is 51.2 Å². The molecule has 0 aliphatic carbocycles. The van der Waals surface area contributed by atoms with E-state index in [9.17, 15) is 4.79 Å². The summed E-state index contributed by atoms with van der Waals surface area (Å²) in [6, 6.07) is 8.19. The number of carbonyl (C=O) groups is 1. The van der Waals surface area contributed by atoms with Gasteiger partial charge in [-0.3, -0.25) is 0 Å². The number of thiazole rings is 1. The molecule has 0 aliphatic rings. The molecular weight excluding hydrogens is 292 g/mol. The summed E-state index contributed by atoms with van der Waals surface area (Å²) in [7, 11) is 0. The zero-order valence-corrected chi connectivity index (χ0v) is 12.4. The minimum Gasteiger partial charge on any atom is -0.461 e. The third kappa shape index (κ3) is 2.52. The van der Waals surface area contributed by atoms with Crippen molar-refractivity contribution in [1.82, 2.24) is 4.98 Å².